The van der Waals surface area contributed by atoms with Gasteiger partial charge in [0, 0.05) is 6.42 Å². The summed E-state index contributed by atoms with van der Waals surface area (Å²) in [4.78, 5) is 21.3. The molecule has 0 saturated heterocycles. The molecule has 0 radical (unpaired) electrons. The van der Waals surface area contributed by atoms with E-state index in [1.54, 1.807) is 0 Å². The van der Waals surface area contributed by atoms with E-state index in [-0.39, 0.29) is 29.5 Å². The van der Waals surface area contributed by atoms with Crippen LogP contribution in [0.3, 0.4) is 0 Å². The topological polar surface area (TPSA) is 136 Å². The lowest BCUT2D eigenvalue weighted by molar-refractivity contribution is -0.140. The van der Waals surface area contributed by atoms with Crippen molar-refractivity contribution < 1.29 is 27.9 Å². The van der Waals surface area contributed by atoms with Crippen molar-refractivity contribution in [3.63, 3.8) is 0 Å². The first-order chi connectivity index (χ1) is 9.82. The Bertz CT molecular complexity index is 600. The van der Waals surface area contributed by atoms with Crippen LogP contribution in [0, 0.1) is 0 Å². The molecule has 0 amide bonds. The largest absolute Gasteiger partial charge is 0.481 e. The zero-order valence-electron chi connectivity index (χ0n) is 10.9. The van der Waals surface area contributed by atoms with Gasteiger partial charge in [0.1, 0.15) is 0 Å². The molecular formula is C9H13N3O6S3. The number of aliphatic carboxylic acids is 1. The molecule has 0 bridgehead atoms. The van der Waals surface area contributed by atoms with Gasteiger partial charge >= 0.3 is 11.9 Å². The van der Waals surface area contributed by atoms with Crippen LogP contribution in [0.2, 0.25) is 0 Å². The summed E-state index contributed by atoms with van der Waals surface area (Å²) in [6.45, 7) is 0. The van der Waals surface area contributed by atoms with Gasteiger partial charge in [-0.1, -0.05) is 23.1 Å². The van der Waals surface area contributed by atoms with Gasteiger partial charge in [-0.15, -0.1) is 10.2 Å². The SMILES string of the molecule is COC(=O)CCCS(=O)(=O)Nc1nnc(SCC(=O)O)s1. The highest BCUT2D eigenvalue weighted by Gasteiger charge is 2.15. The zero-order chi connectivity index (χ0) is 15.9. The molecule has 0 aliphatic carbocycles. The van der Waals surface area contributed by atoms with Crippen LogP contribution in [-0.4, -0.2) is 54.3 Å². The predicted octanol–water partition coefficient (Wildman–Crippen LogP) is 0.410. The van der Waals surface area contributed by atoms with Crippen LogP contribution in [0.4, 0.5) is 5.13 Å². The molecule has 1 rings (SSSR count). The van der Waals surface area contributed by atoms with Crippen molar-refractivity contribution in [1.82, 2.24) is 10.2 Å². The Morgan fingerprint density at radius 2 is 2.14 bits per heavy atom. The fourth-order valence-corrected chi connectivity index (χ4v) is 3.93. The number of hydrogen-bond acceptors (Lipinski definition) is 9. The van der Waals surface area contributed by atoms with E-state index < -0.39 is 22.0 Å². The summed E-state index contributed by atoms with van der Waals surface area (Å²) in [5.41, 5.74) is 0. The van der Waals surface area contributed by atoms with Gasteiger partial charge in [-0.3, -0.25) is 14.3 Å². The Labute approximate surface area is 129 Å². The van der Waals surface area contributed by atoms with E-state index in [2.05, 4.69) is 19.7 Å². The second kappa shape index (κ2) is 8.14. The number of rotatable bonds is 9. The molecule has 0 spiro atoms. The van der Waals surface area contributed by atoms with E-state index in [4.69, 9.17) is 5.11 Å². The highest BCUT2D eigenvalue weighted by molar-refractivity contribution is 8.01. The maximum Gasteiger partial charge on any atom is 0.313 e. The summed E-state index contributed by atoms with van der Waals surface area (Å²) in [6, 6.07) is 0. The van der Waals surface area contributed by atoms with Crippen molar-refractivity contribution in [2.75, 3.05) is 23.3 Å². The molecule has 1 aromatic heterocycles. The van der Waals surface area contributed by atoms with Crippen LogP contribution in [-0.2, 0) is 24.3 Å². The number of methoxy groups -OCH3 is 1. The van der Waals surface area contributed by atoms with Crippen molar-refractivity contribution in [2.24, 2.45) is 0 Å². The minimum Gasteiger partial charge on any atom is -0.481 e. The van der Waals surface area contributed by atoms with Crippen LogP contribution in [0.5, 0.6) is 0 Å². The number of carboxylic acid groups (broad SMARTS) is 1. The average molecular weight is 355 g/mol. The number of thioether (sulfide) groups is 1. The van der Waals surface area contributed by atoms with Crippen molar-refractivity contribution in [1.29, 1.82) is 0 Å². The standard InChI is InChI=1S/C9H13N3O6S3/c1-18-7(15)3-2-4-21(16,17)12-8-10-11-9(20-8)19-5-6(13)14/h2-5H2,1H3,(H,10,12)(H,13,14). The number of aromatic nitrogens is 2. The molecule has 1 heterocycles. The van der Waals surface area contributed by atoms with E-state index >= 15 is 0 Å². The normalized spacial score (nSPS) is 11.1. The molecule has 0 fully saturated rings. The molecule has 12 heteroatoms. The molecule has 9 nitrogen and oxygen atoms in total. The quantitative estimate of drug-likeness (QED) is 0.476. The number of esters is 1. The van der Waals surface area contributed by atoms with Gasteiger partial charge in [0.2, 0.25) is 15.2 Å². The molecule has 0 unspecified atom stereocenters. The van der Waals surface area contributed by atoms with Gasteiger partial charge in [-0.2, -0.15) is 0 Å². The lowest BCUT2D eigenvalue weighted by atomic mass is 10.3. The smallest absolute Gasteiger partial charge is 0.313 e. The van der Waals surface area contributed by atoms with Crippen LogP contribution in [0.1, 0.15) is 12.8 Å². The van der Waals surface area contributed by atoms with Crippen molar-refractivity contribution in [2.45, 2.75) is 17.2 Å². The van der Waals surface area contributed by atoms with Crippen LogP contribution < -0.4 is 4.72 Å². The first-order valence-corrected chi connectivity index (χ1v) is 9.03. The summed E-state index contributed by atoms with van der Waals surface area (Å²) in [7, 11) is -2.40. The number of nitrogens with one attached hydrogen (secondary N) is 1. The van der Waals surface area contributed by atoms with Gasteiger partial charge in [0.05, 0.1) is 18.6 Å². The predicted molar refractivity (Wildman–Crippen MR) is 76.9 cm³/mol. The second-order valence-electron chi connectivity index (χ2n) is 3.66. The highest BCUT2D eigenvalue weighted by Crippen LogP contribution is 2.25. The molecule has 21 heavy (non-hydrogen) atoms. The molecular weight excluding hydrogens is 342 g/mol. The monoisotopic (exact) mass is 355 g/mol. The molecule has 0 aliphatic heterocycles. The van der Waals surface area contributed by atoms with Crippen LogP contribution >= 0.6 is 23.1 Å². The minimum absolute atomic E-state index is 0.00718. The summed E-state index contributed by atoms with van der Waals surface area (Å²) in [5.74, 6) is -1.91. The third-order valence-corrected chi connectivity index (χ3v) is 5.41. The molecule has 0 aromatic carbocycles. The van der Waals surface area contributed by atoms with E-state index in [0.717, 1.165) is 23.1 Å². The number of nitrogens with zero attached hydrogens (tertiary/aromatic N) is 2. The average Bonchev–Trinajstić information content (AvgIpc) is 2.82. The maximum atomic E-state index is 11.7. The highest BCUT2D eigenvalue weighted by atomic mass is 32.2. The lowest BCUT2D eigenvalue weighted by Gasteiger charge is -2.03. The number of ether oxygens (including phenoxy) is 1. The van der Waals surface area contributed by atoms with Crippen LogP contribution in [0.25, 0.3) is 0 Å². The Hall–Kier alpha value is -1.40. The lowest BCUT2D eigenvalue weighted by Crippen LogP contribution is -2.17. The number of carbonyl (C=O) groups is 2. The Morgan fingerprint density at radius 3 is 2.76 bits per heavy atom. The molecule has 2 N–H and O–H groups in total. The summed E-state index contributed by atoms with van der Waals surface area (Å²) in [5, 5.41) is 15.8. The molecule has 0 atom stereocenters. The number of carboxylic acids is 1. The second-order valence-corrected chi connectivity index (χ2v) is 7.70. The van der Waals surface area contributed by atoms with Crippen molar-refractivity contribution in [3.05, 3.63) is 0 Å². The van der Waals surface area contributed by atoms with E-state index in [1.807, 2.05) is 0 Å². The van der Waals surface area contributed by atoms with Crippen molar-refractivity contribution in [3.8, 4) is 0 Å². The van der Waals surface area contributed by atoms with Crippen LogP contribution in [0.15, 0.2) is 4.34 Å². The van der Waals surface area contributed by atoms with Crippen molar-refractivity contribution >= 4 is 50.2 Å². The number of carbonyl (C=O) groups excluding carboxylic acids is 1. The van der Waals surface area contributed by atoms with Gasteiger partial charge in [-0.25, -0.2) is 8.42 Å². The summed E-state index contributed by atoms with van der Waals surface area (Å²) < 4.78 is 30.4. The number of anilines is 1. The third-order valence-electron chi connectivity index (χ3n) is 1.99. The zero-order valence-corrected chi connectivity index (χ0v) is 13.4. The Morgan fingerprint density at radius 1 is 1.43 bits per heavy atom. The fourth-order valence-electron chi connectivity index (χ4n) is 1.13. The third kappa shape index (κ3) is 7.24. The molecule has 0 saturated carbocycles. The van der Waals surface area contributed by atoms with E-state index in [1.165, 1.54) is 7.11 Å². The summed E-state index contributed by atoms with van der Waals surface area (Å²) >= 11 is 1.89. The number of hydrogen-bond donors (Lipinski definition) is 2. The fraction of sp³-hybridized carbons (Fsp3) is 0.556. The first-order valence-electron chi connectivity index (χ1n) is 5.58. The summed E-state index contributed by atoms with van der Waals surface area (Å²) in [6.07, 6.45) is 0.134. The van der Waals surface area contributed by atoms with E-state index in [0.29, 0.717) is 4.34 Å². The van der Waals surface area contributed by atoms with Gasteiger partial charge in [-0.05, 0) is 6.42 Å². The van der Waals surface area contributed by atoms with E-state index in [9.17, 15) is 18.0 Å². The first kappa shape index (κ1) is 17.7. The number of sulfonamides is 1. The Kier molecular flexibility index (Phi) is 6.84. The molecule has 0 aliphatic rings. The Balaban J connectivity index is 2.47. The van der Waals surface area contributed by atoms with Gasteiger partial charge < -0.3 is 9.84 Å². The minimum atomic E-state index is -3.63. The molecule has 1 aromatic rings. The van der Waals surface area contributed by atoms with Gasteiger partial charge in [0.25, 0.3) is 0 Å². The molecule has 118 valence electrons. The maximum absolute atomic E-state index is 11.7. The van der Waals surface area contributed by atoms with Gasteiger partial charge in [0.15, 0.2) is 4.34 Å².